The number of aromatic nitrogens is 2. The lowest BCUT2D eigenvalue weighted by Gasteiger charge is -2.08. The molecule has 0 radical (unpaired) electrons. The maximum absolute atomic E-state index is 12.6. The van der Waals surface area contributed by atoms with Crippen LogP contribution in [-0.4, -0.2) is 22.7 Å². The van der Waals surface area contributed by atoms with E-state index in [1.807, 2.05) is 30.3 Å². The summed E-state index contributed by atoms with van der Waals surface area (Å²) < 4.78 is 31.5. The molecule has 6 heteroatoms. The summed E-state index contributed by atoms with van der Waals surface area (Å²) in [4.78, 5) is 3.89. The molecular formula is C14H17F2N3O. The lowest BCUT2D eigenvalue weighted by atomic mass is 10.3. The Hall–Kier alpha value is -1.95. The maximum Gasteiger partial charge on any atom is 0.319 e. The van der Waals surface area contributed by atoms with Gasteiger partial charge in [-0.25, -0.2) is 4.98 Å². The van der Waals surface area contributed by atoms with E-state index >= 15 is 0 Å². The van der Waals surface area contributed by atoms with E-state index in [1.54, 1.807) is 0 Å². The SMILES string of the molecule is FC(F)n1ccnc1CNCCCOc1ccccc1. The first kappa shape index (κ1) is 14.5. The Balaban J connectivity index is 1.61. The van der Waals surface area contributed by atoms with Gasteiger partial charge in [0.2, 0.25) is 0 Å². The van der Waals surface area contributed by atoms with Crippen molar-refractivity contribution in [2.75, 3.05) is 13.2 Å². The number of halogens is 2. The van der Waals surface area contributed by atoms with E-state index in [9.17, 15) is 8.78 Å². The summed E-state index contributed by atoms with van der Waals surface area (Å²) in [5, 5.41) is 3.07. The Morgan fingerprint density at radius 3 is 2.80 bits per heavy atom. The second kappa shape index (κ2) is 7.59. The second-order valence-electron chi connectivity index (χ2n) is 4.22. The Morgan fingerprint density at radius 1 is 1.25 bits per heavy atom. The summed E-state index contributed by atoms with van der Waals surface area (Å²) >= 11 is 0. The van der Waals surface area contributed by atoms with E-state index in [4.69, 9.17) is 4.74 Å². The van der Waals surface area contributed by atoms with Gasteiger partial charge in [0.05, 0.1) is 13.2 Å². The highest BCUT2D eigenvalue weighted by molar-refractivity contribution is 5.20. The minimum Gasteiger partial charge on any atom is -0.494 e. The van der Waals surface area contributed by atoms with E-state index in [-0.39, 0.29) is 0 Å². The van der Waals surface area contributed by atoms with Gasteiger partial charge < -0.3 is 10.1 Å². The Labute approximate surface area is 116 Å². The molecule has 20 heavy (non-hydrogen) atoms. The molecule has 0 spiro atoms. The van der Waals surface area contributed by atoms with Gasteiger partial charge in [0.25, 0.3) is 0 Å². The number of benzene rings is 1. The summed E-state index contributed by atoms with van der Waals surface area (Å²) in [6.45, 7) is -0.956. The van der Waals surface area contributed by atoms with E-state index in [1.165, 1.54) is 12.4 Å². The standard InChI is InChI=1S/C14H17F2N3O/c15-14(16)19-9-8-18-13(19)11-17-7-4-10-20-12-5-2-1-3-6-12/h1-3,5-6,8-9,14,17H,4,7,10-11H2. The number of nitrogens with zero attached hydrogens (tertiary/aromatic N) is 2. The highest BCUT2D eigenvalue weighted by Gasteiger charge is 2.10. The first-order chi connectivity index (χ1) is 9.77. The van der Waals surface area contributed by atoms with Crippen LogP contribution in [0.1, 0.15) is 18.8 Å². The van der Waals surface area contributed by atoms with Crippen molar-refractivity contribution in [1.82, 2.24) is 14.9 Å². The number of hydrogen-bond donors (Lipinski definition) is 1. The first-order valence-corrected chi connectivity index (χ1v) is 6.46. The topological polar surface area (TPSA) is 39.1 Å². The van der Waals surface area contributed by atoms with E-state index in [0.29, 0.717) is 25.5 Å². The number of hydrogen-bond acceptors (Lipinski definition) is 3. The molecule has 0 atom stereocenters. The van der Waals surface area contributed by atoms with Crippen LogP contribution < -0.4 is 10.1 Å². The van der Waals surface area contributed by atoms with Crippen molar-refractivity contribution in [2.24, 2.45) is 0 Å². The number of para-hydroxylation sites is 1. The van der Waals surface area contributed by atoms with Gasteiger partial charge in [0.1, 0.15) is 11.6 Å². The third kappa shape index (κ3) is 4.31. The van der Waals surface area contributed by atoms with Crippen molar-refractivity contribution in [3.8, 4) is 5.75 Å². The lowest BCUT2D eigenvalue weighted by Crippen LogP contribution is -2.20. The molecule has 0 bridgehead atoms. The average Bonchev–Trinajstić information content (AvgIpc) is 2.92. The zero-order valence-electron chi connectivity index (χ0n) is 11.0. The van der Waals surface area contributed by atoms with Crippen LogP contribution in [0.3, 0.4) is 0 Å². The van der Waals surface area contributed by atoms with Gasteiger partial charge in [-0.3, -0.25) is 4.57 Å². The fraction of sp³-hybridized carbons (Fsp3) is 0.357. The molecule has 0 saturated heterocycles. The summed E-state index contributed by atoms with van der Waals surface area (Å²) in [5.74, 6) is 1.17. The number of alkyl halides is 2. The highest BCUT2D eigenvalue weighted by atomic mass is 19.3. The summed E-state index contributed by atoms with van der Waals surface area (Å²) in [5.41, 5.74) is 0. The summed E-state index contributed by atoms with van der Waals surface area (Å²) in [6, 6.07) is 9.55. The largest absolute Gasteiger partial charge is 0.494 e. The minimum absolute atomic E-state index is 0.322. The van der Waals surface area contributed by atoms with Crippen LogP contribution >= 0.6 is 0 Å². The van der Waals surface area contributed by atoms with Gasteiger partial charge in [-0.1, -0.05) is 18.2 Å². The predicted octanol–water partition coefficient (Wildman–Crippen LogP) is 2.84. The zero-order chi connectivity index (χ0) is 14.2. The number of imidazole rings is 1. The zero-order valence-corrected chi connectivity index (χ0v) is 11.0. The van der Waals surface area contributed by atoms with Crippen molar-refractivity contribution in [2.45, 2.75) is 19.5 Å². The molecule has 4 nitrogen and oxygen atoms in total. The maximum atomic E-state index is 12.6. The average molecular weight is 281 g/mol. The predicted molar refractivity (Wildman–Crippen MR) is 71.7 cm³/mol. The van der Waals surface area contributed by atoms with Gasteiger partial charge in [-0.05, 0) is 25.1 Å². The van der Waals surface area contributed by atoms with Crippen molar-refractivity contribution < 1.29 is 13.5 Å². The molecule has 0 fully saturated rings. The van der Waals surface area contributed by atoms with Gasteiger partial charge >= 0.3 is 6.55 Å². The summed E-state index contributed by atoms with van der Waals surface area (Å²) in [6.07, 6.45) is 3.45. The molecule has 1 N–H and O–H groups in total. The van der Waals surface area contributed by atoms with Crippen molar-refractivity contribution in [1.29, 1.82) is 0 Å². The molecule has 1 aromatic carbocycles. The van der Waals surface area contributed by atoms with Crippen LogP contribution in [0.2, 0.25) is 0 Å². The Morgan fingerprint density at radius 2 is 2.05 bits per heavy atom. The minimum atomic E-state index is -2.55. The molecule has 0 aliphatic carbocycles. The Kier molecular flexibility index (Phi) is 5.49. The monoisotopic (exact) mass is 281 g/mol. The highest BCUT2D eigenvalue weighted by Crippen LogP contribution is 2.12. The number of rotatable bonds is 8. The van der Waals surface area contributed by atoms with E-state index < -0.39 is 6.55 Å². The van der Waals surface area contributed by atoms with E-state index in [2.05, 4.69) is 10.3 Å². The van der Waals surface area contributed by atoms with Crippen molar-refractivity contribution in [3.63, 3.8) is 0 Å². The van der Waals surface area contributed by atoms with Crippen molar-refractivity contribution >= 4 is 0 Å². The fourth-order valence-corrected chi connectivity index (χ4v) is 1.76. The van der Waals surface area contributed by atoms with Gasteiger partial charge in [-0.2, -0.15) is 8.78 Å². The molecule has 2 aromatic rings. The third-order valence-corrected chi connectivity index (χ3v) is 2.75. The molecule has 0 aliphatic rings. The molecule has 0 amide bonds. The lowest BCUT2D eigenvalue weighted by molar-refractivity contribution is 0.0666. The smallest absolute Gasteiger partial charge is 0.319 e. The summed E-state index contributed by atoms with van der Waals surface area (Å²) in [7, 11) is 0. The Bertz CT molecular complexity index is 502. The molecule has 2 rings (SSSR count). The second-order valence-corrected chi connectivity index (χ2v) is 4.22. The van der Waals surface area contributed by atoms with Crippen LogP contribution in [-0.2, 0) is 6.54 Å². The number of nitrogens with one attached hydrogen (secondary N) is 1. The normalized spacial score (nSPS) is 10.9. The van der Waals surface area contributed by atoms with Crippen LogP contribution in [0.15, 0.2) is 42.7 Å². The van der Waals surface area contributed by atoms with Crippen molar-refractivity contribution in [3.05, 3.63) is 48.5 Å². The fourth-order valence-electron chi connectivity index (χ4n) is 1.76. The molecule has 1 heterocycles. The van der Waals surface area contributed by atoms with E-state index in [0.717, 1.165) is 16.7 Å². The quantitative estimate of drug-likeness (QED) is 0.756. The third-order valence-electron chi connectivity index (χ3n) is 2.75. The first-order valence-electron chi connectivity index (χ1n) is 6.46. The van der Waals surface area contributed by atoms with Gasteiger partial charge in [0.15, 0.2) is 0 Å². The molecule has 108 valence electrons. The number of ether oxygens (including phenoxy) is 1. The molecule has 0 aliphatic heterocycles. The van der Waals surface area contributed by atoms with Crippen LogP contribution in [0.5, 0.6) is 5.75 Å². The molecular weight excluding hydrogens is 264 g/mol. The van der Waals surface area contributed by atoms with Gasteiger partial charge in [0, 0.05) is 12.4 Å². The van der Waals surface area contributed by atoms with Crippen LogP contribution in [0.25, 0.3) is 0 Å². The molecule has 1 aromatic heterocycles. The molecule has 0 saturated carbocycles. The van der Waals surface area contributed by atoms with Crippen LogP contribution in [0.4, 0.5) is 8.78 Å². The molecule has 0 unspecified atom stereocenters. The van der Waals surface area contributed by atoms with Crippen LogP contribution in [0, 0.1) is 0 Å². The van der Waals surface area contributed by atoms with Gasteiger partial charge in [-0.15, -0.1) is 0 Å².